The highest BCUT2D eigenvalue weighted by molar-refractivity contribution is 5.83. The molecule has 4 N–H and O–H groups in total. The number of nitrogens with two attached hydrogens (primary N) is 1. The maximum absolute atomic E-state index is 11.7. The van der Waals surface area contributed by atoms with Gasteiger partial charge in [0, 0.05) is 0 Å². The van der Waals surface area contributed by atoms with Gasteiger partial charge in [-0.1, -0.05) is 19.1 Å². The Bertz CT molecular complexity index is 445. The first kappa shape index (κ1) is 15.8. The highest BCUT2D eigenvalue weighted by atomic mass is 16.5. The van der Waals surface area contributed by atoms with Gasteiger partial charge in [0.05, 0.1) is 19.2 Å². The molecule has 0 aliphatic rings. The van der Waals surface area contributed by atoms with E-state index in [1.54, 1.807) is 0 Å². The molecule has 1 atom stereocenters. The summed E-state index contributed by atoms with van der Waals surface area (Å²) >= 11 is 0. The van der Waals surface area contributed by atoms with Crippen molar-refractivity contribution in [3.63, 3.8) is 0 Å². The molecule has 0 saturated heterocycles. The molecule has 0 radical (unpaired) electrons. The molecule has 0 saturated carbocycles. The summed E-state index contributed by atoms with van der Waals surface area (Å²) in [5, 5.41) is 5.10. The number of hydrogen-bond donors (Lipinski definition) is 3. The largest absolute Gasteiger partial charge is 0.494 e. The SMILES string of the molecule is CCOc1ccc(C(CC)NC(=O)CNC(N)=O)cc1. The van der Waals surface area contributed by atoms with Crippen molar-refractivity contribution < 1.29 is 14.3 Å². The van der Waals surface area contributed by atoms with Crippen molar-refractivity contribution in [1.29, 1.82) is 0 Å². The Balaban J connectivity index is 2.60. The second-order valence-corrected chi connectivity index (χ2v) is 4.25. The molecule has 6 nitrogen and oxygen atoms in total. The Morgan fingerprint density at radius 2 is 1.90 bits per heavy atom. The van der Waals surface area contributed by atoms with Crippen LogP contribution in [0.4, 0.5) is 4.79 Å². The number of rotatable bonds is 7. The van der Waals surface area contributed by atoms with Gasteiger partial charge in [0.15, 0.2) is 0 Å². The maximum atomic E-state index is 11.7. The molecule has 0 fully saturated rings. The number of benzene rings is 1. The summed E-state index contributed by atoms with van der Waals surface area (Å²) in [4.78, 5) is 22.2. The monoisotopic (exact) mass is 279 g/mol. The molecule has 3 amide bonds. The lowest BCUT2D eigenvalue weighted by Crippen LogP contribution is -2.40. The minimum Gasteiger partial charge on any atom is -0.494 e. The van der Waals surface area contributed by atoms with Crippen molar-refractivity contribution in [2.24, 2.45) is 5.73 Å². The van der Waals surface area contributed by atoms with Crippen LogP contribution in [0.3, 0.4) is 0 Å². The fourth-order valence-corrected chi connectivity index (χ4v) is 1.80. The van der Waals surface area contributed by atoms with E-state index in [1.807, 2.05) is 38.1 Å². The second-order valence-electron chi connectivity index (χ2n) is 4.25. The van der Waals surface area contributed by atoms with E-state index in [2.05, 4.69) is 10.6 Å². The summed E-state index contributed by atoms with van der Waals surface area (Å²) in [5.74, 6) is 0.525. The van der Waals surface area contributed by atoms with E-state index in [0.29, 0.717) is 6.61 Å². The van der Waals surface area contributed by atoms with Gasteiger partial charge in [-0.3, -0.25) is 4.79 Å². The molecule has 20 heavy (non-hydrogen) atoms. The van der Waals surface area contributed by atoms with Crippen molar-refractivity contribution in [2.45, 2.75) is 26.3 Å². The van der Waals surface area contributed by atoms with Gasteiger partial charge in [-0.2, -0.15) is 0 Å². The number of amides is 3. The van der Waals surface area contributed by atoms with Crippen LogP contribution in [0.1, 0.15) is 31.9 Å². The fourth-order valence-electron chi connectivity index (χ4n) is 1.80. The molecule has 0 spiro atoms. The Morgan fingerprint density at radius 1 is 1.25 bits per heavy atom. The van der Waals surface area contributed by atoms with Crippen LogP contribution in [-0.4, -0.2) is 25.1 Å². The van der Waals surface area contributed by atoms with Crippen molar-refractivity contribution >= 4 is 11.9 Å². The molecule has 1 aromatic rings. The maximum Gasteiger partial charge on any atom is 0.312 e. The summed E-state index contributed by atoms with van der Waals surface area (Å²) in [6.45, 7) is 4.40. The van der Waals surface area contributed by atoms with Crippen LogP contribution in [0.5, 0.6) is 5.75 Å². The van der Waals surface area contributed by atoms with E-state index in [-0.39, 0.29) is 18.5 Å². The lowest BCUT2D eigenvalue weighted by Gasteiger charge is -2.18. The van der Waals surface area contributed by atoms with Gasteiger partial charge in [-0.25, -0.2) is 4.79 Å². The third kappa shape index (κ3) is 5.17. The summed E-state index contributed by atoms with van der Waals surface area (Å²) in [6.07, 6.45) is 0.746. The van der Waals surface area contributed by atoms with E-state index in [0.717, 1.165) is 17.7 Å². The van der Waals surface area contributed by atoms with Gasteiger partial charge in [0.1, 0.15) is 5.75 Å². The predicted octanol–water partition coefficient (Wildman–Crippen LogP) is 1.32. The van der Waals surface area contributed by atoms with Gasteiger partial charge in [-0.05, 0) is 31.0 Å². The van der Waals surface area contributed by atoms with Crippen LogP contribution in [0.25, 0.3) is 0 Å². The summed E-state index contributed by atoms with van der Waals surface area (Å²) in [7, 11) is 0. The lowest BCUT2D eigenvalue weighted by molar-refractivity contribution is -0.120. The zero-order valence-electron chi connectivity index (χ0n) is 11.8. The first-order chi connectivity index (χ1) is 9.56. The number of carbonyl (C=O) groups excluding carboxylic acids is 2. The van der Waals surface area contributed by atoms with E-state index < -0.39 is 6.03 Å². The van der Waals surface area contributed by atoms with E-state index >= 15 is 0 Å². The Morgan fingerprint density at radius 3 is 2.40 bits per heavy atom. The van der Waals surface area contributed by atoms with Crippen molar-refractivity contribution in [1.82, 2.24) is 10.6 Å². The van der Waals surface area contributed by atoms with Crippen LogP contribution in [0.15, 0.2) is 24.3 Å². The highest BCUT2D eigenvalue weighted by Gasteiger charge is 2.12. The Labute approximate surface area is 118 Å². The predicted molar refractivity (Wildman–Crippen MR) is 76.4 cm³/mol. The molecule has 110 valence electrons. The van der Waals surface area contributed by atoms with Crippen LogP contribution < -0.4 is 21.1 Å². The fraction of sp³-hybridized carbons (Fsp3) is 0.429. The number of primary amides is 1. The standard InChI is InChI=1S/C14H21N3O3/c1-3-12(17-13(18)9-16-14(15)19)10-5-7-11(8-6-10)20-4-2/h5-8,12H,3-4,9H2,1-2H3,(H,17,18)(H3,15,16,19). The molecule has 0 aliphatic carbocycles. The molecule has 6 heteroatoms. The minimum atomic E-state index is -0.714. The molecule has 1 unspecified atom stereocenters. The molecule has 0 bridgehead atoms. The number of hydrogen-bond acceptors (Lipinski definition) is 3. The average Bonchev–Trinajstić information content (AvgIpc) is 2.44. The molecular formula is C14H21N3O3. The third-order valence-corrected chi connectivity index (χ3v) is 2.76. The Kier molecular flexibility index (Phi) is 6.36. The number of ether oxygens (including phenoxy) is 1. The van der Waals surface area contributed by atoms with Crippen LogP contribution in [0, 0.1) is 0 Å². The summed E-state index contributed by atoms with van der Waals surface area (Å²) in [6, 6.07) is 6.76. The molecule has 0 aromatic heterocycles. The van der Waals surface area contributed by atoms with Gasteiger partial charge in [0.2, 0.25) is 5.91 Å². The van der Waals surface area contributed by atoms with E-state index in [1.165, 1.54) is 0 Å². The van der Waals surface area contributed by atoms with E-state index in [4.69, 9.17) is 10.5 Å². The zero-order chi connectivity index (χ0) is 15.0. The second kappa shape index (κ2) is 8.04. The van der Waals surface area contributed by atoms with Crippen molar-refractivity contribution in [3.05, 3.63) is 29.8 Å². The smallest absolute Gasteiger partial charge is 0.312 e. The zero-order valence-corrected chi connectivity index (χ0v) is 11.8. The molecule has 1 rings (SSSR count). The van der Waals surface area contributed by atoms with Crippen LogP contribution in [0.2, 0.25) is 0 Å². The first-order valence-electron chi connectivity index (χ1n) is 6.62. The highest BCUT2D eigenvalue weighted by Crippen LogP contribution is 2.20. The summed E-state index contributed by atoms with van der Waals surface area (Å²) < 4.78 is 5.37. The quantitative estimate of drug-likeness (QED) is 0.702. The van der Waals surface area contributed by atoms with Crippen molar-refractivity contribution in [3.8, 4) is 5.75 Å². The van der Waals surface area contributed by atoms with Gasteiger partial charge in [0.25, 0.3) is 0 Å². The normalized spacial score (nSPS) is 11.5. The van der Waals surface area contributed by atoms with Gasteiger partial charge < -0.3 is 21.1 Å². The third-order valence-electron chi connectivity index (χ3n) is 2.76. The topological polar surface area (TPSA) is 93.4 Å². The number of carbonyl (C=O) groups is 2. The first-order valence-corrected chi connectivity index (χ1v) is 6.62. The Hall–Kier alpha value is -2.24. The minimum absolute atomic E-state index is 0.104. The summed E-state index contributed by atoms with van der Waals surface area (Å²) in [5.41, 5.74) is 5.91. The van der Waals surface area contributed by atoms with Gasteiger partial charge in [-0.15, -0.1) is 0 Å². The van der Waals surface area contributed by atoms with Crippen LogP contribution in [-0.2, 0) is 4.79 Å². The number of urea groups is 1. The molecular weight excluding hydrogens is 258 g/mol. The van der Waals surface area contributed by atoms with Crippen molar-refractivity contribution in [2.75, 3.05) is 13.2 Å². The molecule has 0 aliphatic heterocycles. The lowest BCUT2D eigenvalue weighted by atomic mass is 10.0. The number of nitrogens with one attached hydrogen (secondary N) is 2. The van der Waals surface area contributed by atoms with Gasteiger partial charge >= 0.3 is 6.03 Å². The van der Waals surface area contributed by atoms with E-state index in [9.17, 15) is 9.59 Å². The molecule has 0 heterocycles. The molecule has 1 aromatic carbocycles. The average molecular weight is 279 g/mol. The van der Waals surface area contributed by atoms with Crippen LogP contribution >= 0.6 is 0 Å².